The van der Waals surface area contributed by atoms with Crippen LogP contribution in [-0.2, 0) is 4.79 Å². The summed E-state index contributed by atoms with van der Waals surface area (Å²) >= 11 is 0. The predicted molar refractivity (Wildman–Crippen MR) is 143 cm³/mol. The number of aromatic carboxylic acids is 1. The van der Waals surface area contributed by atoms with Crippen molar-refractivity contribution in [2.45, 2.75) is 19.8 Å². The van der Waals surface area contributed by atoms with E-state index in [1.54, 1.807) is 23.2 Å². The molecule has 0 radical (unpaired) electrons. The number of amides is 1. The minimum absolute atomic E-state index is 0.128. The Labute approximate surface area is 219 Å². The number of aromatic amines is 1. The Morgan fingerprint density at radius 2 is 1.74 bits per heavy atom. The molecule has 8 nitrogen and oxygen atoms in total. The number of pyridine rings is 1. The van der Waals surface area contributed by atoms with Gasteiger partial charge in [0, 0.05) is 36.4 Å². The molecule has 3 heterocycles. The molecule has 1 fully saturated rings. The van der Waals surface area contributed by atoms with E-state index in [9.17, 15) is 19.5 Å². The number of fused-ring (bicyclic) bond motifs is 1. The van der Waals surface area contributed by atoms with Gasteiger partial charge in [-0.2, -0.15) is 0 Å². The van der Waals surface area contributed by atoms with Crippen molar-refractivity contribution in [3.8, 4) is 11.3 Å². The molecule has 0 atom stereocenters. The number of nitrogens with zero attached hydrogens (tertiary/aromatic N) is 3. The highest BCUT2D eigenvalue weighted by atomic mass is 16.4. The van der Waals surface area contributed by atoms with Gasteiger partial charge in [0.05, 0.1) is 28.9 Å². The lowest BCUT2D eigenvalue weighted by molar-refractivity contribution is -0.126. The quantitative estimate of drug-likeness (QED) is 0.216. The number of carbonyl (C=O) groups is 3. The fourth-order valence-corrected chi connectivity index (χ4v) is 4.93. The molecule has 2 aromatic heterocycles. The number of nitrogens with one attached hydrogen (secondary N) is 1. The van der Waals surface area contributed by atoms with Crippen LogP contribution in [0.25, 0.3) is 32.7 Å². The van der Waals surface area contributed by atoms with Crippen LogP contribution < -0.4 is 0 Å². The number of Topliss-reactive ketones (excluding diaryl/α,β-unsaturated/α-hetero) is 1. The van der Waals surface area contributed by atoms with Crippen LogP contribution in [0.5, 0.6) is 0 Å². The van der Waals surface area contributed by atoms with E-state index in [0.717, 1.165) is 16.7 Å². The Morgan fingerprint density at radius 1 is 1.03 bits per heavy atom. The van der Waals surface area contributed by atoms with Crippen molar-refractivity contribution in [1.82, 2.24) is 14.9 Å². The number of ketones is 1. The summed E-state index contributed by atoms with van der Waals surface area (Å²) in [6, 6.07) is 15.9. The van der Waals surface area contributed by atoms with Crippen LogP contribution in [0.2, 0.25) is 0 Å². The van der Waals surface area contributed by atoms with Gasteiger partial charge in [-0.3, -0.25) is 14.6 Å². The molecule has 0 spiro atoms. The van der Waals surface area contributed by atoms with E-state index >= 15 is 0 Å². The van der Waals surface area contributed by atoms with Gasteiger partial charge < -0.3 is 15.0 Å². The number of rotatable bonds is 5. The summed E-state index contributed by atoms with van der Waals surface area (Å²) in [5.41, 5.74) is 5.23. The Bertz CT molecular complexity index is 1650. The average molecular weight is 505 g/mol. The van der Waals surface area contributed by atoms with Gasteiger partial charge in [-0.05, 0) is 43.0 Å². The van der Waals surface area contributed by atoms with Gasteiger partial charge in [0.25, 0.3) is 11.7 Å². The van der Waals surface area contributed by atoms with Gasteiger partial charge in [0.1, 0.15) is 0 Å². The second-order valence-electron chi connectivity index (χ2n) is 9.18. The van der Waals surface area contributed by atoms with Gasteiger partial charge in [-0.25, -0.2) is 9.64 Å². The maximum atomic E-state index is 13.4. The lowest BCUT2D eigenvalue weighted by Gasteiger charge is -2.28. The number of hydrogen-bond acceptors (Lipinski definition) is 4. The van der Waals surface area contributed by atoms with Gasteiger partial charge in [0.15, 0.2) is 5.70 Å². The van der Waals surface area contributed by atoms with Gasteiger partial charge in [-0.15, -0.1) is 0 Å². The van der Waals surface area contributed by atoms with Crippen LogP contribution in [0.4, 0.5) is 0 Å². The van der Waals surface area contributed by atoms with Crippen molar-refractivity contribution in [3.63, 3.8) is 0 Å². The third-order valence-electron chi connectivity index (χ3n) is 6.87. The summed E-state index contributed by atoms with van der Waals surface area (Å²) in [7, 11) is 0. The Balaban J connectivity index is 1.41. The van der Waals surface area contributed by atoms with Crippen LogP contribution in [0.3, 0.4) is 0 Å². The second-order valence-corrected chi connectivity index (χ2v) is 9.18. The molecule has 1 aliphatic heterocycles. The van der Waals surface area contributed by atoms with Crippen LogP contribution >= 0.6 is 0 Å². The fourth-order valence-electron chi connectivity index (χ4n) is 4.93. The fraction of sp³-hybridized carbons (Fsp3) is 0.167. The molecule has 0 aliphatic carbocycles. The summed E-state index contributed by atoms with van der Waals surface area (Å²) in [4.78, 5) is 50.9. The standard InChI is InChI=1S/C30H24N4O4/c1-18-16-32-26(21-9-6-10-22(15-21)30(37)38)27-24(18)23(17-33-27)28(35)29(36)34-13-11-20(12-14-34)25(31-2)19-7-4-3-5-8-19/h3-10,15-17,33H,11-14H2,1H3,(H,37,38). The van der Waals surface area contributed by atoms with Gasteiger partial charge in [0.2, 0.25) is 0 Å². The molecule has 1 saturated heterocycles. The number of hydrogen-bond donors (Lipinski definition) is 2. The van der Waals surface area contributed by atoms with Crippen molar-refractivity contribution in [2.24, 2.45) is 0 Å². The molecule has 1 aliphatic rings. The zero-order chi connectivity index (χ0) is 26.8. The zero-order valence-electron chi connectivity index (χ0n) is 20.7. The van der Waals surface area contributed by atoms with Crippen molar-refractivity contribution >= 4 is 34.3 Å². The first kappa shape index (κ1) is 24.7. The number of carbonyl (C=O) groups excluding carboxylic acids is 2. The third-order valence-corrected chi connectivity index (χ3v) is 6.87. The monoisotopic (exact) mass is 504 g/mol. The van der Waals surface area contributed by atoms with E-state index in [1.807, 2.05) is 37.3 Å². The number of aryl methyl sites for hydroxylation is 1. The van der Waals surface area contributed by atoms with Crippen LogP contribution in [0, 0.1) is 13.5 Å². The van der Waals surface area contributed by atoms with E-state index in [1.165, 1.54) is 18.3 Å². The number of likely N-dealkylation sites (tertiary alicyclic amines) is 1. The zero-order valence-corrected chi connectivity index (χ0v) is 20.7. The topological polar surface area (TPSA) is 108 Å². The number of carboxylic acids is 1. The highest BCUT2D eigenvalue weighted by molar-refractivity contribution is 6.45. The molecule has 38 heavy (non-hydrogen) atoms. The number of aromatic nitrogens is 2. The Kier molecular flexibility index (Phi) is 6.58. The largest absolute Gasteiger partial charge is 0.478 e. The average Bonchev–Trinajstić information content (AvgIpc) is 3.40. The molecule has 0 unspecified atom stereocenters. The predicted octanol–water partition coefficient (Wildman–Crippen LogP) is 5.37. The maximum Gasteiger partial charge on any atom is 0.335 e. The lowest BCUT2D eigenvalue weighted by Crippen LogP contribution is -2.40. The van der Waals surface area contributed by atoms with Gasteiger partial charge >= 0.3 is 5.97 Å². The number of H-pyrrole nitrogens is 1. The molecule has 0 saturated carbocycles. The summed E-state index contributed by atoms with van der Waals surface area (Å²) in [6.07, 6.45) is 4.21. The first-order chi connectivity index (χ1) is 18.4. The molecule has 5 rings (SSSR count). The van der Waals surface area contributed by atoms with Crippen molar-refractivity contribution in [1.29, 1.82) is 0 Å². The maximum absolute atomic E-state index is 13.4. The smallest absolute Gasteiger partial charge is 0.335 e. The first-order valence-electron chi connectivity index (χ1n) is 12.2. The van der Waals surface area contributed by atoms with Crippen molar-refractivity contribution in [2.75, 3.05) is 13.1 Å². The molecule has 2 aromatic carbocycles. The minimum Gasteiger partial charge on any atom is -0.478 e. The van der Waals surface area contributed by atoms with E-state index in [4.69, 9.17) is 6.57 Å². The SMILES string of the molecule is [C-]#[N+]C(=C1CCN(C(=O)C(=O)c2c[nH]c3c(-c4cccc(C(=O)O)c4)ncc(C)c23)CC1)c1ccccc1. The van der Waals surface area contributed by atoms with Crippen molar-refractivity contribution in [3.05, 3.63) is 106 Å². The normalized spacial score (nSPS) is 13.3. The Hall–Kier alpha value is -5.03. The van der Waals surface area contributed by atoms with Crippen LogP contribution in [-0.4, -0.2) is 50.7 Å². The van der Waals surface area contributed by atoms with E-state index in [2.05, 4.69) is 14.8 Å². The molecular weight excluding hydrogens is 480 g/mol. The van der Waals surface area contributed by atoms with Crippen LogP contribution in [0.15, 0.2) is 72.6 Å². The number of benzene rings is 2. The highest BCUT2D eigenvalue weighted by Crippen LogP contribution is 2.32. The van der Waals surface area contributed by atoms with Gasteiger partial charge in [-0.1, -0.05) is 48.0 Å². The summed E-state index contributed by atoms with van der Waals surface area (Å²) in [5.74, 6) is -2.24. The molecular formula is C30H24N4O4. The Morgan fingerprint density at radius 3 is 2.42 bits per heavy atom. The summed E-state index contributed by atoms with van der Waals surface area (Å²) < 4.78 is 0. The van der Waals surface area contributed by atoms with E-state index < -0.39 is 17.7 Å². The minimum atomic E-state index is -1.05. The summed E-state index contributed by atoms with van der Waals surface area (Å²) in [6.45, 7) is 10.2. The second kappa shape index (κ2) is 10.1. The number of piperidine rings is 1. The van der Waals surface area contributed by atoms with E-state index in [0.29, 0.717) is 53.8 Å². The highest BCUT2D eigenvalue weighted by Gasteiger charge is 2.29. The van der Waals surface area contributed by atoms with Crippen LogP contribution in [0.1, 0.15) is 44.7 Å². The molecule has 1 amide bonds. The lowest BCUT2D eigenvalue weighted by atomic mass is 9.97. The van der Waals surface area contributed by atoms with Crippen molar-refractivity contribution < 1.29 is 19.5 Å². The molecule has 188 valence electrons. The molecule has 2 N–H and O–H groups in total. The summed E-state index contributed by atoms with van der Waals surface area (Å²) in [5, 5.41) is 9.95. The molecule has 0 bridgehead atoms. The first-order valence-corrected chi connectivity index (χ1v) is 12.2. The van der Waals surface area contributed by atoms with E-state index in [-0.39, 0.29) is 11.1 Å². The molecule has 4 aromatic rings. The third kappa shape index (κ3) is 4.46. The molecule has 8 heteroatoms. The number of carboxylic acid groups (broad SMARTS) is 1.